The van der Waals surface area contributed by atoms with Crippen LogP contribution in [-0.2, 0) is 9.59 Å². The zero-order valence-corrected chi connectivity index (χ0v) is 17.6. The van der Waals surface area contributed by atoms with Crippen molar-refractivity contribution in [3.63, 3.8) is 0 Å². The van der Waals surface area contributed by atoms with Gasteiger partial charge in [0, 0.05) is 6.07 Å². The molecule has 1 saturated heterocycles. The van der Waals surface area contributed by atoms with Crippen LogP contribution in [0.1, 0.15) is 5.56 Å². The Balaban J connectivity index is 1.90. The number of imide groups is 1. The number of carbonyl (C=O) groups is 3. The summed E-state index contributed by atoms with van der Waals surface area (Å²) in [5.41, 5.74) is 4.39. The number of hydrogen-bond donors (Lipinski definition) is 1. The molecule has 2 N–H and O–H groups in total. The highest BCUT2D eigenvalue weighted by Crippen LogP contribution is 2.39. The van der Waals surface area contributed by atoms with E-state index >= 15 is 0 Å². The van der Waals surface area contributed by atoms with E-state index in [4.69, 9.17) is 15.2 Å². The lowest BCUT2D eigenvalue weighted by Crippen LogP contribution is -2.36. The molecule has 13 nitrogen and oxygen atoms in total. The molecular formula is C19H14N4O9S. The predicted octanol–water partition coefficient (Wildman–Crippen LogP) is 2.83. The van der Waals surface area contributed by atoms with E-state index in [1.54, 1.807) is 0 Å². The minimum absolute atomic E-state index is 0.0583. The summed E-state index contributed by atoms with van der Waals surface area (Å²) in [6, 6.07) is 7.29. The van der Waals surface area contributed by atoms with Gasteiger partial charge in [0.25, 0.3) is 16.8 Å². The second-order valence-electron chi connectivity index (χ2n) is 6.41. The Hall–Kier alpha value is -4.46. The van der Waals surface area contributed by atoms with Crippen LogP contribution in [-0.4, -0.2) is 45.5 Å². The maximum atomic E-state index is 12.3. The molecule has 0 bridgehead atoms. The van der Waals surface area contributed by atoms with E-state index < -0.39 is 44.8 Å². The van der Waals surface area contributed by atoms with Crippen LogP contribution in [0.15, 0.2) is 41.3 Å². The first-order chi connectivity index (χ1) is 15.6. The van der Waals surface area contributed by atoms with Gasteiger partial charge in [0.1, 0.15) is 6.54 Å². The average molecular weight is 474 g/mol. The van der Waals surface area contributed by atoms with Crippen molar-refractivity contribution in [1.29, 1.82) is 0 Å². The van der Waals surface area contributed by atoms with Gasteiger partial charge in [-0.15, -0.1) is 0 Å². The second-order valence-corrected chi connectivity index (χ2v) is 7.41. The maximum Gasteiger partial charge on any atom is 0.318 e. The summed E-state index contributed by atoms with van der Waals surface area (Å²) in [6.45, 7) is -0.536. The molecule has 170 valence electrons. The lowest BCUT2D eigenvalue weighted by Gasteiger charge is -2.11. The third-order valence-corrected chi connectivity index (χ3v) is 5.15. The van der Waals surface area contributed by atoms with Crippen LogP contribution >= 0.6 is 11.8 Å². The standard InChI is InChI=1S/C19H14N4O9S/c1-31-15-6-10(7-16-18(25)21(9-17(20)24)19(26)33-16)2-4-14(15)32-13-5-3-11(22(27)28)8-12(13)23(29)30/h2-8H,9H2,1H3,(H2,20,24)/b16-7-. The number of ether oxygens (including phenoxy) is 2. The number of nitrogens with two attached hydrogens (primary N) is 1. The van der Waals surface area contributed by atoms with Crippen molar-refractivity contribution in [3.05, 3.63) is 67.1 Å². The number of non-ortho nitro benzene ring substituents is 1. The number of methoxy groups -OCH3 is 1. The normalized spacial score (nSPS) is 14.5. The van der Waals surface area contributed by atoms with Crippen LogP contribution in [0, 0.1) is 20.2 Å². The minimum atomic E-state index is -0.831. The fraction of sp³-hybridized carbons (Fsp3) is 0.105. The molecule has 0 aliphatic carbocycles. The number of nitro groups is 2. The van der Waals surface area contributed by atoms with Gasteiger partial charge in [-0.05, 0) is 41.6 Å². The van der Waals surface area contributed by atoms with Crippen molar-refractivity contribution >= 4 is 46.3 Å². The van der Waals surface area contributed by atoms with Crippen LogP contribution in [0.25, 0.3) is 6.08 Å². The van der Waals surface area contributed by atoms with Gasteiger partial charge in [-0.3, -0.25) is 39.5 Å². The molecule has 2 aromatic rings. The Labute approximate surface area is 189 Å². The van der Waals surface area contributed by atoms with Crippen molar-refractivity contribution in [3.8, 4) is 17.2 Å². The smallest absolute Gasteiger partial charge is 0.318 e. The highest BCUT2D eigenvalue weighted by molar-refractivity contribution is 8.18. The number of nitro benzene ring substituents is 2. The van der Waals surface area contributed by atoms with Gasteiger partial charge in [0.2, 0.25) is 11.7 Å². The van der Waals surface area contributed by atoms with E-state index in [-0.39, 0.29) is 22.2 Å². The zero-order chi connectivity index (χ0) is 24.3. The molecule has 1 aliphatic heterocycles. The van der Waals surface area contributed by atoms with Gasteiger partial charge in [-0.25, -0.2) is 0 Å². The summed E-state index contributed by atoms with van der Waals surface area (Å²) < 4.78 is 10.8. The van der Waals surface area contributed by atoms with Crippen molar-refractivity contribution in [1.82, 2.24) is 4.90 Å². The Morgan fingerprint density at radius 1 is 1.09 bits per heavy atom. The molecule has 0 aromatic heterocycles. The molecule has 14 heteroatoms. The fourth-order valence-corrected chi connectivity index (χ4v) is 3.61. The van der Waals surface area contributed by atoms with Crippen LogP contribution in [0.3, 0.4) is 0 Å². The molecule has 0 saturated carbocycles. The number of amides is 3. The highest BCUT2D eigenvalue weighted by Gasteiger charge is 2.35. The quantitative estimate of drug-likeness (QED) is 0.339. The molecule has 1 aliphatic rings. The van der Waals surface area contributed by atoms with Gasteiger partial charge >= 0.3 is 5.69 Å². The van der Waals surface area contributed by atoms with E-state index in [0.717, 1.165) is 23.1 Å². The summed E-state index contributed by atoms with van der Waals surface area (Å²) in [7, 11) is 1.32. The number of rotatable bonds is 8. The van der Waals surface area contributed by atoms with Gasteiger partial charge < -0.3 is 15.2 Å². The summed E-state index contributed by atoms with van der Waals surface area (Å²) in [5.74, 6) is -1.56. The van der Waals surface area contributed by atoms with Crippen molar-refractivity contribution in [2.75, 3.05) is 13.7 Å². The topological polar surface area (TPSA) is 185 Å². The number of hydrogen-bond acceptors (Lipinski definition) is 10. The summed E-state index contributed by atoms with van der Waals surface area (Å²) >= 11 is 0.636. The number of primary amides is 1. The van der Waals surface area contributed by atoms with Gasteiger partial charge in [0.05, 0.1) is 27.9 Å². The molecule has 0 radical (unpaired) electrons. The van der Waals surface area contributed by atoms with Crippen LogP contribution in [0.2, 0.25) is 0 Å². The van der Waals surface area contributed by atoms with Crippen molar-refractivity contribution < 1.29 is 33.7 Å². The first kappa shape index (κ1) is 23.2. The molecule has 1 fully saturated rings. The van der Waals surface area contributed by atoms with Crippen LogP contribution in [0.4, 0.5) is 16.2 Å². The van der Waals surface area contributed by atoms with E-state index in [2.05, 4.69) is 0 Å². The Bertz CT molecular complexity index is 1230. The largest absolute Gasteiger partial charge is 0.493 e. The average Bonchev–Trinajstić information content (AvgIpc) is 3.01. The summed E-state index contributed by atoms with van der Waals surface area (Å²) in [6.07, 6.45) is 1.40. The van der Waals surface area contributed by atoms with E-state index in [9.17, 15) is 34.6 Å². The molecule has 2 aromatic carbocycles. The highest BCUT2D eigenvalue weighted by atomic mass is 32.2. The maximum absolute atomic E-state index is 12.3. The third kappa shape index (κ3) is 5.07. The Morgan fingerprint density at radius 2 is 1.79 bits per heavy atom. The van der Waals surface area contributed by atoms with E-state index in [0.29, 0.717) is 17.3 Å². The van der Waals surface area contributed by atoms with E-state index in [1.807, 2.05) is 0 Å². The minimum Gasteiger partial charge on any atom is -0.493 e. The second kappa shape index (κ2) is 9.35. The Morgan fingerprint density at radius 3 is 2.39 bits per heavy atom. The van der Waals surface area contributed by atoms with Gasteiger partial charge in [-0.2, -0.15) is 0 Å². The molecule has 1 heterocycles. The number of nitrogens with zero attached hydrogens (tertiary/aromatic N) is 3. The monoisotopic (exact) mass is 474 g/mol. The van der Waals surface area contributed by atoms with E-state index in [1.165, 1.54) is 31.4 Å². The third-order valence-electron chi connectivity index (χ3n) is 4.24. The van der Waals surface area contributed by atoms with Crippen LogP contribution in [0.5, 0.6) is 17.2 Å². The molecule has 3 amide bonds. The van der Waals surface area contributed by atoms with Crippen LogP contribution < -0.4 is 15.2 Å². The zero-order valence-electron chi connectivity index (χ0n) is 16.8. The number of benzene rings is 2. The van der Waals surface area contributed by atoms with Gasteiger partial charge in [0.15, 0.2) is 11.5 Å². The lowest BCUT2D eigenvalue weighted by molar-refractivity contribution is -0.394. The van der Waals surface area contributed by atoms with Gasteiger partial charge in [-0.1, -0.05) is 6.07 Å². The molecular weight excluding hydrogens is 460 g/mol. The molecule has 0 atom stereocenters. The summed E-state index contributed by atoms with van der Waals surface area (Å²) in [5, 5.41) is 21.6. The lowest BCUT2D eigenvalue weighted by atomic mass is 10.1. The molecule has 33 heavy (non-hydrogen) atoms. The Kier molecular flexibility index (Phi) is 6.58. The van der Waals surface area contributed by atoms with Crippen molar-refractivity contribution in [2.45, 2.75) is 0 Å². The molecule has 0 unspecified atom stereocenters. The van der Waals surface area contributed by atoms with Crippen molar-refractivity contribution in [2.24, 2.45) is 5.73 Å². The number of thioether (sulfide) groups is 1. The fourth-order valence-electron chi connectivity index (χ4n) is 2.77. The molecule has 3 rings (SSSR count). The SMILES string of the molecule is COc1cc(/C=C2\SC(=O)N(CC(N)=O)C2=O)ccc1Oc1ccc([N+](=O)[O-])cc1[N+](=O)[O-]. The summed E-state index contributed by atoms with van der Waals surface area (Å²) in [4.78, 5) is 56.7. The first-order valence-corrected chi connectivity index (χ1v) is 9.74. The predicted molar refractivity (Wildman–Crippen MR) is 115 cm³/mol. The first-order valence-electron chi connectivity index (χ1n) is 8.93. The molecule has 0 spiro atoms. The number of carbonyl (C=O) groups excluding carboxylic acids is 3.